The molecule has 2 fully saturated rings. The Kier molecular flexibility index (Phi) is 3.89. The lowest BCUT2D eigenvalue weighted by Gasteiger charge is -2.19. The number of oxazole rings is 1. The van der Waals surface area contributed by atoms with Crippen LogP contribution in [0, 0.1) is 5.82 Å². The van der Waals surface area contributed by atoms with Crippen molar-refractivity contribution in [1.82, 2.24) is 25.3 Å². The SMILES string of the molecule is O=C(NC1CC1)c1noc(C2CCCN2Cc2nc3cc(F)ccc3o2)n1. The van der Waals surface area contributed by atoms with Crippen molar-refractivity contribution >= 4 is 17.0 Å². The number of fused-ring (bicyclic) bond motifs is 1. The summed E-state index contributed by atoms with van der Waals surface area (Å²) in [5.41, 5.74) is 1.05. The number of carbonyl (C=O) groups excluding carboxylic acids is 1. The van der Waals surface area contributed by atoms with Gasteiger partial charge in [-0.2, -0.15) is 4.98 Å². The molecule has 1 amide bonds. The Morgan fingerprint density at radius 2 is 2.19 bits per heavy atom. The van der Waals surface area contributed by atoms with E-state index in [0.717, 1.165) is 32.2 Å². The maximum absolute atomic E-state index is 13.3. The van der Waals surface area contributed by atoms with Crippen LogP contribution in [0.1, 0.15) is 54.1 Å². The predicted molar refractivity (Wildman–Crippen MR) is 91.1 cm³/mol. The Morgan fingerprint density at radius 1 is 1.30 bits per heavy atom. The summed E-state index contributed by atoms with van der Waals surface area (Å²) < 4.78 is 24.4. The Morgan fingerprint density at radius 3 is 3.04 bits per heavy atom. The van der Waals surface area contributed by atoms with Crippen molar-refractivity contribution in [2.45, 2.75) is 44.3 Å². The van der Waals surface area contributed by atoms with E-state index in [4.69, 9.17) is 8.94 Å². The molecule has 8 nitrogen and oxygen atoms in total. The van der Waals surface area contributed by atoms with Gasteiger partial charge in [-0.1, -0.05) is 5.16 Å². The van der Waals surface area contributed by atoms with Crippen molar-refractivity contribution in [3.63, 3.8) is 0 Å². The molecule has 2 aromatic heterocycles. The second-order valence-electron chi connectivity index (χ2n) is 7.05. The summed E-state index contributed by atoms with van der Waals surface area (Å²) in [5.74, 6) is 0.368. The molecule has 1 unspecified atom stereocenters. The van der Waals surface area contributed by atoms with Crippen LogP contribution in [0.2, 0.25) is 0 Å². The molecule has 5 rings (SSSR count). The van der Waals surface area contributed by atoms with E-state index in [1.54, 1.807) is 6.07 Å². The van der Waals surface area contributed by atoms with Crippen LogP contribution >= 0.6 is 0 Å². The molecular formula is C18H18FN5O3. The number of rotatable bonds is 5. The maximum atomic E-state index is 13.3. The molecule has 0 radical (unpaired) electrons. The standard InChI is InChI=1S/C18H18FN5O3/c19-10-3-6-14-12(8-10)21-15(26-14)9-24-7-1-2-13(24)18-22-16(23-27-18)17(25)20-11-4-5-11/h3,6,8,11,13H,1-2,4-5,7,9H2,(H,20,25). The zero-order chi connectivity index (χ0) is 18.4. The molecule has 3 heterocycles. The van der Waals surface area contributed by atoms with E-state index in [1.165, 1.54) is 12.1 Å². The van der Waals surface area contributed by atoms with Gasteiger partial charge in [-0.15, -0.1) is 0 Å². The number of benzene rings is 1. The number of carbonyl (C=O) groups is 1. The number of aromatic nitrogens is 3. The Labute approximate surface area is 153 Å². The fourth-order valence-corrected chi connectivity index (χ4v) is 3.43. The van der Waals surface area contributed by atoms with Crippen LogP contribution in [0.15, 0.2) is 27.1 Å². The summed E-state index contributed by atoms with van der Waals surface area (Å²) in [6.45, 7) is 1.27. The molecule has 1 aliphatic carbocycles. The first-order chi connectivity index (χ1) is 13.2. The van der Waals surface area contributed by atoms with E-state index in [1.807, 2.05) is 0 Å². The molecule has 2 aliphatic rings. The number of amides is 1. The zero-order valence-electron chi connectivity index (χ0n) is 14.5. The highest BCUT2D eigenvalue weighted by Crippen LogP contribution is 2.32. The van der Waals surface area contributed by atoms with Crippen molar-refractivity contribution < 1.29 is 18.1 Å². The average molecular weight is 371 g/mol. The average Bonchev–Trinajstić information content (AvgIpc) is 3.04. The van der Waals surface area contributed by atoms with Gasteiger partial charge in [-0.05, 0) is 44.4 Å². The lowest BCUT2D eigenvalue weighted by atomic mass is 10.2. The molecule has 27 heavy (non-hydrogen) atoms. The molecular weight excluding hydrogens is 353 g/mol. The number of halogens is 1. The van der Waals surface area contributed by atoms with Gasteiger partial charge in [0.25, 0.3) is 11.7 Å². The number of nitrogens with one attached hydrogen (secondary N) is 1. The van der Waals surface area contributed by atoms with Crippen molar-refractivity contribution in [2.24, 2.45) is 0 Å². The third-order valence-electron chi connectivity index (χ3n) is 4.94. The van der Waals surface area contributed by atoms with Gasteiger partial charge in [0.1, 0.15) is 11.3 Å². The van der Waals surface area contributed by atoms with E-state index >= 15 is 0 Å². The smallest absolute Gasteiger partial charge is 0.292 e. The Bertz CT molecular complexity index is 996. The quantitative estimate of drug-likeness (QED) is 0.736. The second kappa shape index (κ2) is 6.41. The minimum Gasteiger partial charge on any atom is -0.439 e. The topological polar surface area (TPSA) is 97.3 Å². The largest absolute Gasteiger partial charge is 0.439 e. The van der Waals surface area contributed by atoms with Crippen molar-refractivity contribution in [1.29, 1.82) is 0 Å². The lowest BCUT2D eigenvalue weighted by molar-refractivity contribution is 0.0937. The van der Waals surface area contributed by atoms with Gasteiger partial charge in [0.2, 0.25) is 11.8 Å². The molecule has 1 saturated heterocycles. The monoisotopic (exact) mass is 371 g/mol. The van der Waals surface area contributed by atoms with Gasteiger partial charge in [0.05, 0.1) is 12.6 Å². The van der Waals surface area contributed by atoms with Gasteiger partial charge >= 0.3 is 0 Å². The summed E-state index contributed by atoms with van der Waals surface area (Å²) >= 11 is 0. The first kappa shape index (κ1) is 16.4. The van der Waals surface area contributed by atoms with Crippen molar-refractivity contribution in [2.75, 3.05) is 6.54 Å². The lowest BCUT2D eigenvalue weighted by Crippen LogP contribution is -2.27. The van der Waals surface area contributed by atoms with Gasteiger partial charge in [0.15, 0.2) is 5.58 Å². The highest BCUT2D eigenvalue weighted by molar-refractivity contribution is 5.90. The minimum atomic E-state index is -0.343. The van der Waals surface area contributed by atoms with Gasteiger partial charge in [-0.3, -0.25) is 9.69 Å². The van der Waals surface area contributed by atoms with E-state index in [9.17, 15) is 9.18 Å². The number of hydrogen-bond acceptors (Lipinski definition) is 7. The predicted octanol–water partition coefficient (Wildman–Crippen LogP) is 2.58. The Balaban J connectivity index is 1.32. The maximum Gasteiger partial charge on any atom is 0.292 e. The summed E-state index contributed by atoms with van der Waals surface area (Å²) in [5, 5.41) is 6.67. The molecule has 0 bridgehead atoms. The van der Waals surface area contributed by atoms with Crippen molar-refractivity contribution in [3.05, 3.63) is 41.6 Å². The van der Waals surface area contributed by atoms with Crippen LogP contribution in [-0.2, 0) is 6.54 Å². The highest BCUT2D eigenvalue weighted by atomic mass is 19.1. The number of nitrogens with zero attached hydrogens (tertiary/aromatic N) is 4. The van der Waals surface area contributed by atoms with Crippen LogP contribution in [0.25, 0.3) is 11.1 Å². The molecule has 1 N–H and O–H groups in total. The van der Waals surface area contributed by atoms with Gasteiger partial charge in [0, 0.05) is 12.1 Å². The first-order valence-corrected chi connectivity index (χ1v) is 9.09. The summed E-state index contributed by atoms with van der Waals surface area (Å²) in [6, 6.07) is 4.43. The molecule has 1 atom stereocenters. The number of hydrogen-bond donors (Lipinski definition) is 1. The molecule has 3 aromatic rings. The van der Waals surface area contributed by atoms with Gasteiger partial charge < -0.3 is 14.3 Å². The van der Waals surface area contributed by atoms with Crippen molar-refractivity contribution in [3.8, 4) is 0 Å². The third kappa shape index (κ3) is 3.30. The molecule has 1 saturated carbocycles. The number of likely N-dealkylation sites (tertiary alicyclic amines) is 1. The summed E-state index contributed by atoms with van der Waals surface area (Å²) in [4.78, 5) is 22.8. The fraction of sp³-hybridized carbons (Fsp3) is 0.444. The zero-order valence-corrected chi connectivity index (χ0v) is 14.5. The van der Waals surface area contributed by atoms with Crippen LogP contribution in [-0.4, -0.2) is 38.5 Å². The van der Waals surface area contributed by atoms with Crippen LogP contribution in [0.5, 0.6) is 0 Å². The third-order valence-corrected chi connectivity index (χ3v) is 4.94. The first-order valence-electron chi connectivity index (χ1n) is 9.09. The van der Waals surface area contributed by atoms with E-state index < -0.39 is 0 Å². The molecule has 0 spiro atoms. The van der Waals surface area contributed by atoms with E-state index in [2.05, 4.69) is 25.3 Å². The molecule has 1 aliphatic heterocycles. The molecule has 140 valence electrons. The molecule has 9 heteroatoms. The van der Waals surface area contributed by atoms with E-state index in [-0.39, 0.29) is 29.6 Å². The summed E-state index contributed by atoms with van der Waals surface area (Å²) in [7, 11) is 0. The van der Waals surface area contributed by atoms with Crippen LogP contribution < -0.4 is 5.32 Å². The Hall–Kier alpha value is -2.81. The minimum absolute atomic E-state index is 0.0705. The van der Waals surface area contributed by atoms with Crippen LogP contribution in [0.3, 0.4) is 0 Å². The second-order valence-corrected chi connectivity index (χ2v) is 7.05. The fourth-order valence-electron chi connectivity index (χ4n) is 3.43. The van der Waals surface area contributed by atoms with E-state index in [0.29, 0.717) is 29.4 Å². The van der Waals surface area contributed by atoms with Gasteiger partial charge in [-0.25, -0.2) is 9.37 Å². The normalized spacial score (nSPS) is 20.4. The van der Waals surface area contributed by atoms with Crippen LogP contribution in [0.4, 0.5) is 4.39 Å². The molecule has 1 aromatic carbocycles. The summed E-state index contributed by atoms with van der Waals surface area (Å²) in [6.07, 6.45) is 3.81. The highest BCUT2D eigenvalue weighted by Gasteiger charge is 2.33.